The number of aromatic carboxylic acids is 1. The van der Waals surface area contributed by atoms with Crippen LogP contribution in [0.3, 0.4) is 0 Å². The molecule has 6 nitrogen and oxygen atoms in total. The van der Waals surface area contributed by atoms with Crippen molar-refractivity contribution < 1.29 is 18.8 Å². The van der Waals surface area contributed by atoms with Crippen molar-refractivity contribution in [2.24, 2.45) is 0 Å². The summed E-state index contributed by atoms with van der Waals surface area (Å²) in [7, 11) is 0. The number of benzene rings is 1. The summed E-state index contributed by atoms with van der Waals surface area (Å²) in [4.78, 5) is 18.3. The van der Waals surface area contributed by atoms with Crippen molar-refractivity contribution in [3.8, 4) is 0 Å². The number of piperidine rings is 1. The van der Waals surface area contributed by atoms with Crippen molar-refractivity contribution in [2.75, 3.05) is 13.1 Å². The first-order chi connectivity index (χ1) is 12.5. The Kier molecular flexibility index (Phi) is 4.46. The van der Waals surface area contributed by atoms with Crippen molar-refractivity contribution in [3.05, 3.63) is 46.2 Å². The third kappa shape index (κ3) is 3.10. The van der Waals surface area contributed by atoms with Gasteiger partial charge in [0.2, 0.25) is 5.89 Å². The molecule has 1 saturated heterocycles. The fraction of sp³-hybridized carbons (Fsp3) is 0.389. The number of carbonyl (C=O) groups is 1. The maximum atomic E-state index is 14.3. The molecule has 2 aromatic heterocycles. The van der Waals surface area contributed by atoms with E-state index in [2.05, 4.69) is 15.0 Å². The van der Waals surface area contributed by atoms with E-state index in [4.69, 9.17) is 4.52 Å². The Morgan fingerprint density at radius 1 is 1.42 bits per heavy atom. The number of carboxylic acids is 1. The Balaban J connectivity index is 1.55. The number of fused-ring (bicyclic) bond motifs is 1. The molecule has 0 spiro atoms. The van der Waals surface area contributed by atoms with Gasteiger partial charge in [0.1, 0.15) is 10.7 Å². The standard InChI is InChI=1S/C18H18FN3O3S/c1-10-20-17(25-21-10)11-5-7-22(8-6-11)9-12-15-13(19)3-2-4-14(15)26-16(12)18(23)24/h2-4,11H,5-9H2,1H3,(H,23,24). The van der Waals surface area contributed by atoms with Crippen LogP contribution >= 0.6 is 11.3 Å². The van der Waals surface area contributed by atoms with Gasteiger partial charge in [0.15, 0.2) is 5.82 Å². The maximum absolute atomic E-state index is 14.3. The molecule has 26 heavy (non-hydrogen) atoms. The van der Waals surface area contributed by atoms with Crippen molar-refractivity contribution >= 4 is 27.4 Å². The summed E-state index contributed by atoms with van der Waals surface area (Å²) >= 11 is 1.14. The van der Waals surface area contributed by atoms with Crippen LogP contribution in [0.5, 0.6) is 0 Å². The van der Waals surface area contributed by atoms with Crippen LogP contribution in [-0.4, -0.2) is 39.2 Å². The number of hydrogen-bond acceptors (Lipinski definition) is 6. The van der Waals surface area contributed by atoms with Gasteiger partial charge in [0.25, 0.3) is 0 Å². The molecule has 0 saturated carbocycles. The Labute approximate surface area is 153 Å². The average molecular weight is 375 g/mol. The van der Waals surface area contributed by atoms with E-state index in [1.54, 1.807) is 19.1 Å². The third-order valence-electron chi connectivity index (χ3n) is 4.82. The number of hydrogen-bond donors (Lipinski definition) is 1. The lowest BCUT2D eigenvalue weighted by Crippen LogP contribution is -2.33. The Bertz CT molecular complexity index is 960. The van der Waals surface area contributed by atoms with Gasteiger partial charge in [-0.05, 0) is 45.0 Å². The predicted molar refractivity (Wildman–Crippen MR) is 95.0 cm³/mol. The lowest BCUT2D eigenvalue weighted by Gasteiger charge is -2.30. The number of thiophene rings is 1. The summed E-state index contributed by atoms with van der Waals surface area (Å²) in [5.41, 5.74) is 0.572. The van der Waals surface area contributed by atoms with E-state index < -0.39 is 5.97 Å². The van der Waals surface area contributed by atoms with Gasteiger partial charge in [-0.25, -0.2) is 9.18 Å². The second-order valence-corrected chi connectivity index (χ2v) is 7.61. The van der Waals surface area contributed by atoms with E-state index in [0.29, 0.717) is 33.9 Å². The summed E-state index contributed by atoms with van der Waals surface area (Å²) in [6, 6.07) is 4.76. The number of halogens is 1. The number of aromatic nitrogens is 2. The van der Waals surface area contributed by atoms with Crippen LogP contribution in [0.4, 0.5) is 4.39 Å². The van der Waals surface area contributed by atoms with E-state index in [0.717, 1.165) is 37.3 Å². The summed E-state index contributed by atoms with van der Waals surface area (Å²) in [6.07, 6.45) is 1.71. The highest BCUT2D eigenvalue weighted by atomic mass is 32.1. The van der Waals surface area contributed by atoms with Crippen molar-refractivity contribution in [2.45, 2.75) is 32.2 Å². The molecule has 0 bridgehead atoms. The molecule has 1 N–H and O–H groups in total. The topological polar surface area (TPSA) is 79.5 Å². The fourth-order valence-electron chi connectivity index (χ4n) is 3.53. The molecule has 4 rings (SSSR count). The monoisotopic (exact) mass is 375 g/mol. The second kappa shape index (κ2) is 6.77. The lowest BCUT2D eigenvalue weighted by atomic mass is 9.96. The van der Waals surface area contributed by atoms with E-state index >= 15 is 0 Å². The molecule has 1 aromatic carbocycles. The molecule has 0 radical (unpaired) electrons. The molecule has 0 unspecified atom stereocenters. The molecule has 1 aliphatic rings. The zero-order valence-corrected chi connectivity index (χ0v) is 15.1. The SMILES string of the molecule is Cc1noc(C2CCN(Cc3c(C(=O)O)sc4cccc(F)c34)CC2)n1. The molecule has 1 fully saturated rings. The van der Waals surface area contributed by atoms with Crippen LogP contribution in [0.2, 0.25) is 0 Å². The first kappa shape index (κ1) is 17.1. The smallest absolute Gasteiger partial charge is 0.346 e. The number of nitrogens with zero attached hydrogens (tertiary/aromatic N) is 3. The Morgan fingerprint density at radius 2 is 2.19 bits per heavy atom. The molecule has 0 atom stereocenters. The number of carboxylic acid groups (broad SMARTS) is 1. The highest BCUT2D eigenvalue weighted by Gasteiger charge is 2.27. The van der Waals surface area contributed by atoms with Crippen LogP contribution in [0, 0.1) is 12.7 Å². The van der Waals surface area contributed by atoms with E-state index in [9.17, 15) is 14.3 Å². The summed E-state index contributed by atoms with van der Waals surface area (Å²) in [5, 5.41) is 13.8. The van der Waals surface area contributed by atoms with Gasteiger partial charge in [-0.2, -0.15) is 4.98 Å². The van der Waals surface area contributed by atoms with Gasteiger partial charge in [-0.3, -0.25) is 4.90 Å². The highest BCUT2D eigenvalue weighted by Crippen LogP contribution is 2.35. The van der Waals surface area contributed by atoms with Gasteiger partial charge in [0.05, 0.1) is 0 Å². The van der Waals surface area contributed by atoms with Gasteiger partial charge in [-0.1, -0.05) is 11.2 Å². The molecule has 3 aromatic rings. The van der Waals surface area contributed by atoms with E-state index in [1.165, 1.54) is 6.07 Å². The molecule has 8 heteroatoms. The van der Waals surface area contributed by atoms with Crippen LogP contribution in [0.1, 0.15) is 45.7 Å². The normalized spacial score (nSPS) is 16.4. The Hall–Kier alpha value is -2.32. The van der Waals surface area contributed by atoms with Crippen LogP contribution in [0.15, 0.2) is 22.7 Å². The predicted octanol–water partition coefficient (Wildman–Crippen LogP) is 3.81. The quantitative estimate of drug-likeness (QED) is 0.747. The number of rotatable bonds is 4. The molecule has 0 aliphatic carbocycles. The van der Waals surface area contributed by atoms with E-state index in [1.807, 2.05) is 0 Å². The zero-order chi connectivity index (χ0) is 18.3. The van der Waals surface area contributed by atoms with Gasteiger partial charge >= 0.3 is 5.97 Å². The largest absolute Gasteiger partial charge is 0.477 e. The average Bonchev–Trinajstić information content (AvgIpc) is 3.21. The molecule has 1 aliphatic heterocycles. The minimum atomic E-state index is -1.00. The van der Waals surface area contributed by atoms with Gasteiger partial charge in [0, 0.05) is 28.1 Å². The Morgan fingerprint density at radius 3 is 2.85 bits per heavy atom. The van der Waals surface area contributed by atoms with Gasteiger partial charge in [-0.15, -0.1) is 11.3 Å². The van der Waals surface area contributed by atoms with Crippen LogP contribution in [-0.2, 0) is 6.54 Å². The van der Waals surface area contributed by atoms with Crippen molar-refractivity contribution in [1.82, 2.24) is 15.0 Å². The first-order valence-corrected chi connectivity index (χ1v) is 9.30. The van der Waals surface area contributed by atoms with Crippen LogP contribution < -0.4 is 0 Å². The van der Waals surface area contributed by atoms with E-state index in [-0.39, 0.29) is 16.6 Å². The molecule has 3 heterocycles. The minimum absolute atomic E-state index is 0.222. The first-order valence-electron chi connectivity index (χ1n) is 8.48. The lowest BCUT2D eigenvalue weighted by molar-refractivity contribution is 0.0699. The van der Waals surface area contributed by atoms with Crippen molar-refractivity contribution in [3.63, 3.8) is 0 Å². The molecule has 136 valence electrons. The third-order valence-corrected chi connectivity index (χ3v) is 6.00. The number of aryl methyl sites for hydroxylation is 1. The summed E-state index contributed by atoms with van der Waals surface area (Å²) in [6.45, 7) is 3.78. The second-order valence-electron chi connectivity index (χ2n) is 6.56. The van der Waals surface area contributed by atoms with Gasteiger partial charge < -0.3 is 9.63 Å². The van der Waals surface area contributed by atoms with Crippen LogP contribution in [0.25, 0.3) is 10.1 Å². The molecular weight excluding hydrogens is 357 g/mol. The maximum Gasteiger partial charge on any atom is 0.346 e. The zero-order valence-electron chi connectivity index (χ0n) is 14.2. The summed E-state index contributed by atoms with van der Waals surface area (Å²) in [5.74, 6) is 0.158. The highest BCUT2D eigenvalue weighted by molar-refractivity contribution is 7.21. The molecular formula is C18H18FN3O3S. The van der Waals surface area contributed by atoms with Crippen molar-refractivity contribution in [1.29, 1.82) is 0 Å². The summed E-state index contributed by atoms with van der Waals surface area (Å²) < 4.78 is 20.3. The molecule has 0 amide bonds. The number of likely N-dealkylation sites (tertiary alicyclic amines) is 1. The minimum Gasteiger partial charge on any atom is -0.477 e. The fourth-order valence-corrected chi connectivity index (χ4v) is 4.60.